The molecule has 25 heavy (non-hydrogen) atoms. The molecule has 5 nitrogen and oxygen atoms in total. The predicted octanol–water partition coefficient (Wildman–Crippen LogP) is 3.03. The van der Waals surface area contributed by atoms with Crippen LogP contribution in [0.5, 0.6) is 0 Å². The van der Waals surface area contributed by atoms with E-state index in [0.717, 1.165) is 43.4 Å². The molecule has 1 saturated heterocycles. The van der Waals surface area contributed by atoms with Gasteiger partial charge in [0.15, 0.2) is 5.69 Å². The van der Waals surface area contributed by atoms with Crippen molar-refractivity contribution in [3.8, 4) is 0 Å². The normalized spacial score (nSPS) is 22.6. The average Bonchev–Trinajstić information content (AvgIpc) is 3.00. The van der Waals surface area contributed by atoms with Gasteiger partial charge in [0.1, 0.15) is 5.01 Å². The Morgan fingerprint density at radius 2 is 2.08 bits per heavy atom. The van der Waals surface area contributed by atoms with Gasteiger partial charge in [-0.05, 0) is 43.8 Å². The van der Waals surface area contributed by atoms with Crippen LogP contribution < -0.4 is 5.32 Å². The molecule has 1 saturated carbocycles. The molecule has 0 aromatic carbocycles. The number of hydrogen-bond acceptors (Lipinski definition) is 5. The van der Waals surface area contributed by atoms with Gasteiger partial charge in [-0.2, -0.15) is 18.3 Å². The zero-order chi connectivity index (χ0) is 17.5. The number of thiazole rings is 1. The average molecular weight is 371 g/mol. The van der Waals surface area contributed by atoms with Gasteiger partial charge in [-0.1, -0.05) is 0 Å². The zero-order valence-corrected chi connectivity index (χ0v) is 14.5. The van der Waals surface area contributed by atoms with Crippen molar-refractivity contribution in [1.82, 2.24) is 25.4 Å². The Kier molecular flexibility index (Phi) is 4.33. The molecule has 9 heteroatoms. The van der Waals surface area contributed by atoms with E-state index in [1.54, 1.807) is 17.5 Å². The maximum atomic E-state index is 12.8. The Morgan fingerprint density at radius 1 is 1.28 bits per heavy atom. The number of nitrogens with zero attached hydrogens (tertiary/aromatic N) is 3. The van der Waals surface area contributed by atoms with Gasteiger partial charge >= 0.3 is 6.18 Å². The maximum absolute atomic E-state index is 12.8. The highest BCUT2D eigenvalue weighted by molar-refractivity contribution is 7.09. The predicted molar refractivity (Wildman–Crippen MR) is 87.9 cm³/mol. The summed E-state index contributed by atoms with van der Waals surface area (Å²) in [5.41, 5.74) is -0.0426. The second kappa shape index (κ2) is 6.37. The minimum atomic E-state index is -4.41. The SMILES string of the molecule is FC(F)(F)c1cc(CN(Cc2nccs2)C2CC23CCNCC3)[nH]n1. The molecule has 1 atom stereocenters. The summed E-state index contributed by atoms with van der Waals surface area (Å²) in [6.07, 6.45) is 0.722. The van der Waals surface area contributed by atoms with Crippen LogP contribution >= 0.6 is 11.3 Å². The first-order valence-electron chi connectivity index (χ1n) is 8.41. The van der Waals surface area contributed by atoms with Gasteiger partial charge in [-0.3, -0.25) is 10.00 Å². The third kappa shape index (κ3) is 3.58. The first-order valence-corrected chi connectivity index (χ1v) is 9.29. The fourth-order valence-electron chi connectivity index (χ4n) is 3.89. The fraction of sp³-hybridized carbons (Fsp3) is 0.625. The van der Waals surface area contributed by atoms with Crippen LogP contribution in [0.4, 0.5) is 13.2 Å². The minimum absolute atomic E-state index is 0.315. The molecule has 2 aromatic rings. The Balaban J connectivity index is 1.51. The van der Waals surface area contributed by atoms with Crippen LogP contribution in [0.3, 0.4) is 0 Å². The molecule has 2 aromatic heterocycles. The monoisotopic (exact) mass is 371 g/mol. The zero-order valence-electron chi connectivity index (χ0n) is 13.6. The molecule has 2 fully saturated rings. The highest BCUT2D eigenvalue weighted by atomic mass is 32.1. The Hall–Kier alpha value is -1.45. The lowest BCUT2D eigenvalue weighted by Gasteiger charge is -2.28. The van der Waals surface area contributed by atoms with E-state index < -0.39 is 11.9 Å². The summed E-state index contributed by atoms with van der Waals surface area (Å²) in [6.45, 7) is 3.13. The molecule has 1 unspecified atom stereocenters. The van der Waals surface area contributed by atoms with Gasteiger partial charge in [0.05, 0.1) is 6.54 Å². The summed E-state index contributed by atoms with van der Waals surface area (Å²) in [5.74, 6) is 0. The number of aromatic nitrogens is 3. The molecule has 2 aliphatic rings. The van der Waals surface area contributed by atoms with Gasteiger partial charge in [-0.15, -0.1) is 11.3 Å². The topological polar surface area (TPSA) is 56.8 Å². The van der Waals surface area contributed by atoms with E-state index in [1.165, 1.54) is 0 Å². The fourth-order valence-corrected chi connectivity index (χ4v) is 4.53. The lowest BCUT2D eigenvalue weighted by Crippen LogP contribution is -2.35. The first kappa shape index (κ1) is 17.0. The van der Waals surface area contributed by atoms with Crippen LogP contribution in [0.15, 0.2) is 17.6 Å². The molecule has 0 amide bonds. The largest absolute Gasteiger partial charge is 0.435 e. The van der Waals surface area contributed by atoms with Crippen molar-refractivity contribution in [2.24, 2.45) is 5.41 Å². The van der Waals surface area contributed by atoms with Gasteiger partial charge in [0, 0.05) is 29.9 Å². The molecule has 3 heterocycles. The molecule has 2 N–H and O–H groups in total. The molecule has 1 spiro atoms. The van der Waals surface area contributed by atoms with Crippen LogP contribution in [0.1, 0.15) is 35.7 Å². The van der Waals surface area contributed by atoms with Crippen molar-refractivity contribution < 1.29 is 13.2 Å². The standard InChI is InChI=1S/C16H20F3N5S/c17-16(18,19)12-7-11(22-23-12)9-24(10-14-21-5-6-25-14)13-8-15(13)1-3-20-4-2-15/h5-7,13,20H,1-4,8-10H2,(H,22,23). The lowest BCUT2D eigenvalue weighted by atomic mass is 9.93. The van der Waals surface area contributed by atoms with Crippen LogP contribution in [0.25, 0.3) is 0 Å². The summed E-state index contributed by atoms with van der Waals surface area (Å²) < 4.78 is 38.4. The van der Waals surface area contributed by atoms with Gasteiger partial charge in [0.25, 0.3) is 0 Å². The smallest absolute Gasteiger partial charge is 0.317 e. The molecule has 136 valence electrons. The number of alkyl halides is 3. The number of nitrogens with one attached hydrogen (secondary N) is 2. The van der Waals surface area contributed by atoms with Crippen molar-refractivity contribution in [3.63, 3.8) is 0 Å². The number of rotatable bonds is 5. The van der Waals surface area contributed by atoms with Crippen molar-refractivity contribution in [2.45, 2.75) is 44.6 Å². The second-order valence-electron chi connectivity index (χ2n) is 6.94. The number of halogens is 3. The third-order valence-electron chi connectivity index (χ3n) is 5.30. The van der Waals surface area contributed by atoms with E-state index in [1.807, 2.05) is 5.38 Å². The molecular weight excluding hydrogens is 351 g/mol. The van der Waals surface area contributed by atoms with E-state index in [4.69, 9.17) is 0 Å². The number of aromatic amines is 1. The van der Waals surface area contributed by atoms with Gasteiger partial charge in [-0.25, -0.2) is 4.98 Å². The highest BCUT2D eigenvalue weighted by Crippen LogP contribution is 2.56. The van der Waals surface area contributed by atoms with E-state index in [2.05, 4.69) is 25.4 Å². The lowest BCUT2D eigenvalue weighted by molar-refractivity contribution is -0.141. The summed E-state index contributed by atoms with van der Waals surface area (Å²) in [4.78, 5) is 6.61. The second-order valence-corrected chi connectivity index (χ2v) is 7.92. The Morgan fingerprint density at radius 3 is 2.72 bits per heavy atom. The third-order valence-corrected chi connectivity index (χ3v) is 6.07. The molecule has 1 aliphatic heterocycles. The highest BCUT2D eigenvalue weighted by Gasteiger charge is 2.56. The van der Waals surface area contributed by atoms with Crippen LogP contribution in [-0.2, 0) is 19.3 Å². The van der Waals surface area contributed by atoms with Crippen molar-refractivity contribution in [1.29, 1.82) is 0 Å². The Bertz CT molecular complexity index is 706. The van der Waals surface area contributed by atoms with Crippen LogP contribution in [0.2, 0.25) is 0 Å². The van der Waals surface area contributed by atoms with E-state index >= 15 is 0 Å². The summed E-state index contributed by atoms with van der Waals surface area (Å²) in [5, 5.41) is 12.3. The summed E-state index contributed by atoms with van der Waals surface area (Å²) in [7, 11) is 0. The van der Waals surface area contributed by atoms with Crippen LogP contribution in [0, 0.1) is 5.41 Å². The van der Waals surface area contributed by atoms with Gasteiger partial charge < -0.3 is 5.32 Å². The molecule has 1 aliphatic carbocycles. The summed E-state index contributed by atoms with van der Waals surface area (Å²) in [6, 6.07) is 1.52. The number of H-pyrrole nitrogens is 1. The van der Waals surface area contributed by atoms with E-state index in [-0.39, 0.29) is 0 Å². The van der Waals surface area contributed by atoms with E-state index in [0.29, 0.717) is 30.2 Å². The number of piperidine rings is 1. The minimum Gasteiger partial charge on any atom is -0.317 e. The molecule has 4 rings (SSSR count). The molecule has 0 radical (unpaired) electrons. The maximum Gasteiger partial charge on any atom is 0.435 e. The van der Waals surface area contributed by atoms with Gasteiger partial charge in [0.2, 0.25) is 0 Å². The van der Waals surface area contributed by atoms with Crippen molar-refractivity contribution in [3.05, 3.63) is 34.0 Å². The van der Waals surface area contributed by atoms with Crippen molar-refractivity contribution >= 4 is 11.3 Å². The quantitative estimate of drug-likeness (QED) is 0.848. The molecule has 0 bridgehead atoms. The Labute approximate surface area is 147 Å². The first-order chi connectivity index (χ1) is 12.0. The van der Waals surface area contributed by atoms with E-state index in [9.17, 15) is 13.2 Å². The molecular formula is C16H20F3N5S. The summed E-state index contributed by atoms with van der Waals surface area (Å²) >= 11 is 1.58. The van der Waals surface area contributed by atoms with Crippen LogP contribution in [-0.4, -0.2) is 39.2 Å². The number of hydrogen-bond donors (Lipinski definition) is 2. The van der Waals surface area contributed by atoms with Crippen molar-refractivity contribution in [2.75, 3.05) is 13.1 Å².